The highest BCUT2D eigenvalue weighted by Crippen LogP contribution is 2.34. The summed E-state index contributed by atoms with van der Waals surface area (Å²) in [5.41, 5.74) is 2.42. The number of hydrogen-bond acceptors (Lipinski definition) is 4. The van der Waals surface area contributed by atoms with Crippen molar-refractivity contribution >= 4 is 21.6 Å². The molecular weight excluding hydrogens is 400 g/mol. The van der Waals surface area contributed by atoms with Crippen molar-refractivity contribution in [3.05, 3.63) is 65.7 Å². The number of ether oxygens (including phenoxy) is 1. The number of para-hydroxylation sites is 1. The van der Waals surface area contributed by atoms with E-state index in [1.807, 2.05) is 37.3 Å². The molecule has 2 aromatic rings. The van der Waals surface area contributed by atoms with Gasteiger partial charge in [0.15, 0.2) is 0 Å². The van der Waals surface area contributed by atoms with Gasteiger partial charge in [-0.1, -0.05) is 55.5 Å². The molecule has 1 amide bonds. The zero-order valence-electron chi connectivity index (χ0n) is 17.6. The van der Waals surface area contributed by atoms with Gasteiger partial charge in [0.25, 0.3) is 0 Å². The molecule has 0 aliphatic carbocycles. The van der Waals surface area contributed by atoms with Crippen molar-refractivity contribution in [1.29, 1.82) is 0 Å². The molecule has 0 radical (unpaired) electrons. The van der Waals surface area contributed by atoms with Gasteiger partial charge in [-0.2, -0.15) is 0 Å². The molecule has 162 valence electrons. The Morgan fingerprint density at radius 1 is 1.07 bits per heavy atom. The highest BCUT2D eigenvalue weighted by atomic mass is 32.2. The second kappa shape index (κ2) is 9.62. The van der Waals surface area contributed by atoms with Crippen LogP contribution in [0.3, 0.4) is 0 Å². The summed E-state index contributed by atoms with van der Waals surface area (Å²) >= 11 is 0. The maximum absolute atomic E-state index is 12.8. The number of amides is 1. The third kappa shape index (κ3) is 5.21. The third-order valence-corrected chi connectivity index (χ3v) is 6.92. The molecule has 1 fully saturated rings. The minimum atomic E-state index is -3.60. The molecule has 3 rings (SSSR count). The molecule has 1 aliphatic heterocycles. The zero-order chi connectivity index (χ0) is 21.6. The van der Waals surface area contributed by atoms with E-state index in [0.29, 0.717) is 31.9 Å². The topological polar surface area (TPSA) is 75.7 Å². The first-order valence-corrected chi connectivity index (χ1v) is 12.2. The maximum atomic E-state index is 12.8. The van der Waals surface area contributed by atoms with Crippen LogP contribution in [0.5, 0.6) is 0 Å². The summed E-state index contributed by atoms with van der Waals surface area (Å²) in [4.78, 5) is 12.8. The molecule has 0 spiro atoms. The molecule has 6 nitrogen and oxygen atoms in total. The Balaban J connectivity index is 1.77. The van der Waals surface area contributed by atoms with Crippen LogP contribution in [0.25, 0.3) is 0 Å². The van der Waals surface area contributed by atoms with Crippen LogP contribution in [-0.4, -0.2) is 46.9 Å². The molecule has 0 bridgehead atoms. The Labute approximate surface area is 179 Å². The van der Waals surface area contributed by atoms with E-state index in [9.17, 15) is 13.2 Å². The van der Waals surface area contributed by atoms with Crippen molar-refractivity contribution < 1.29 is 17.9 Å². The maximum Gasteiger partial charge on any atom is 0.240 e. The number of sulfonamides is 1. The lowest BCUT2D eigenvalue weighted by Crippen LogP contribution is -2.48. The summed E-state index contributed by atoms with van der Waals surface area (Å²) in [5, 5.41) is 3.00. The SMILES string of the molecule is CCc1ccccc1N(CC(=O)NCC1(c2ccccc2)CCOCC1)S(C)(=O)=O. The van der Waals surface area contributed by atoms with Gasteiger partial charge in [0.05, 0.1) is 11.9 Å². The van der Waals surface area contributed by atoms with Gasteiger partial charge >= 0.3 is 0 Å². The fraction of sp³-hybridized carbons (Fsp3) is 0.435. The minimum Gasteiger partial charge on any atom is -0.381 e. The summed E-state index contributed by atoms with van der Waals surface area (Å²) in [7, 11) is -3.60. The highest BCUT2D eigenvalue weighted by molar-refractivity contribution is 7.92. The average Bonchev–Trinajstić information content (AvgIpc) is 2.76. The lowest BCUT2D eigenvalue weighted by atomic mass is 9.74. The van der Waals surface area contributed by atoms with Crippen molar-refractivity contribution in [2.75, 3.05) is 36.9 Å². The van der Waals surface area contributed by atoms with Gasteiger partial charge < -0.3 is 10.1 Å². The van der Waals surface area contributed by atoms with Crippen LogP contribution in [0.2, 0.25) is 0 Å². The molecule has 30 heavy (non-hydrogen) atoms. The van der Waals surface area contributed by atoms with Gasteiger partial charge in [-0.25, -0.2) is 8.42 Å². The molecule has 2 aromatic carbocycles. The molecule has 7 heteroatoms. The lowest BCUT2D eigenvalue weighted by Gasteiger charge is -2.38. The van der Waals surface area contributed by atoms with Gasteiger partial charge in [-0.05, 0) is 36.5 Å². The number of nitrogens with zero attached hydrogens (tertiary/aromatic N) is 1. The van der Waals surface area contributed by atoms with Crippen LogP contribution in [0.4, 0.5) is 5.69 Å². The summed E-state index contributed by atoms with van der Waals surface area (Å²) in [6, 6.07) is 17.4. The van der Waals surface area contributed by atoms with E-state index in [2.05, 4.69) is 17.4 Å². The van der Waals surface area contributed by atoms with Crippen molar-refractivity contribution in [3.63, 3.8) is 0 Å². The van der Waals surface area contributed by atoms with Crippen LogP contribution < -0.4 is 9.62 Å². The van der Waals surface area contributed by atoms with Gasteiger partial charge in [-0.15, -0.1) is 0 Å². The molecular formula is C23H30N2O4S. The van der Waals surface area contributed by atoms with E-state index in [1.165, 1.54) is 9.87 Å². The van der Waals surface area contributed by atoms with Crippen molar-refractivity contribution in [2.45, 2.75) is 31.6 Å². The predicted octanol–water partition coefficient (Wildman–Crippen LogP) is 2.88. The van der Waals surface area contributed by atoms with Gasteiger partial charge in [-0.3, -0.25) is 9.10 Å². The number of aryl methyl sites for hydroxylation is 1. The Hall–Kier alpha value is -2.38. The van der Waals surface area contributed by atoms with E-state index in [0.717, 1.165) is 24.7 Å². The molecule has 0 aromatic heterocycles. The number of carbonyl (C=O) groups excluding carboxylic acids is 1. The second-order valence-electron chi connectivity index (χ2n) is 7.79. The van der Waals surface area contributed by atoms with Crippen LogP contribution in [0.1, 0.15) is 30.9 Å². The van der Waals surface area contributed by atoms with E-state index >= 15 is 0 Å². The smallest absolute Gasteiger partial charge is 0.240 e. The summed E-state index contributed by atoms with van der Waals surface area (Å²) in [6.45, 7) is 3.46. The zero-order valence-corrected chi connectivity index (χ0v) is 18.5. The van der Waals surface area contributed by atoms with Crippen LogP contribution >= 0.6 is 0 Å². The molecule has 1 saturated heterocycles. The standard InChI is InChI=1S/C23H30N2O4S/c1-3-19-9-7-8-12-21(19)25(30(2,27)28)17-22(26)24-18-23(13-15-29-16-14-23)20-10-5-4-6-11-20/h4-12H,3,13-18H2,1-2H3,(H,24,26). The Bertz CT molecular complexity index is 954. The van der Waals surface area contributed by atoms with Crippen LogP contribution in [0.15, 0.2) is 54.6 Å². The van der Waals surface area contributed by atoms with Gasteiger partial charge in [0.2, 0.25) is 15.9 Å². The summed E-state index contributed by atoms with van der Waals surface area (Å²) in [5.74, 6) is -0.312. The van der Waals surface area contributed by atoms with E-state index in [-0.39, 0.29) is 17.9 Å². The number of benzene rings is 2. The minimum absolute atomic E-state index is 0.202. The fourth-order valence-electron chi connectivity index (χ4n) is 4.01. The van der Waals surface area contributed by atoms with Crippen molar-refractivity contribution in [3.8, 4) is 0 Å². The Kier molecular flexibility index (Phi) is 7.15. The number of rotatable bonds is 8. The highest BCUT2D eigenvalue weighted by Gasteiger charge is 2.35. The van der Waals surface area contributed by atoms with Crippen molar-refractivity contribution in [2.24, 2.45) is 0 Å². The van der Waals surface area contributed by atoms with Crippen molar-refractivity contribution in [1.82, 2.24) is 5.32 Å². The number of carbonyl (C=O) groups is 1. The van der Waals surface area contributed by atoms with Crippen LogP contribution in [-0.2, 0) is 31.4 Å². The molecule has 1 N–H and O–H groups in total. The third-order valence-electron chi connectivity index (χ3n) is 5.79. The van der Waals surface area contributed by atoms with E-state index in [4.69, 9.17) is 4.74 Å². The monoisotopic (exact) mass is 430 g/mol. The summed E-state index contributed by atoms with van der Waals surface area (Å²) < 4.78 is 31.7. The number of hydrogen-bond donors (Lipinski definition) is 1. The first kappa shape index (κ1) is 22.3. The largest absolute Gasteiger partial charge is 0.381 e. The Morgan fingerprint density at radius 2 is 1.70 bits per heavy atom. The fourth-order valence-corrected chi connectivity index (χ4v) is 4.90. The van der Waals surface area contributed by atoms with Gasteiger partial charge in [0.1, 0.15) is 6.54 Å². The first-order valence-electron chi connectivity index (χ1n) is 10.3. The normalized spacial score (nSPS) is 16.1. The molecule has 0 unspecified atom stereocenters. The summed E-state index contributed by atoms with van der Waals surface area (Å²) in [6.07, 6.45) is 3.44. The number of nitrogens with one attached hydrogen (secondary N) is 1. The number of anilines is 1. The average molecular weight is 431 g/mol. The van der Waals surface area contributed by atoms with E-state index < -0.39 is 10.0 Å². The molecule has 0 saturated carbocycles. The second-order valence-corrected chi connectivity index (χ2v) is 9.69. The predicted molar refractivity (Wildman–Crippen MR) is 119 cm³/mol. The lowest BCUT2D eigenvalue weighted by molar-refractivity contribution is -0.120. The van der Waals surface area contributed by atoms with E-state index in [1.54, 1.807) is 12.1 Å². The molecule has 0 atom stereocenters. The van der Waals surface area contributed by atoms with Crippen LogP contribution in [0, 0.1) is 0 Å². The molecule has 1 aliphatic rings. The first-order chi connectivity index (χ1) is 14.4. The molecule has 1 heterocycles. The quantitative estimate of drug-likeness (QED) is 0.699. The van der Waals surface area contributed by atoms with Gasteiger partial charge in [0, 0.05) is 25.2 Å². The Morgan fingerprint density at radius 3 is 2.33 bits per heavy atom.